The molecule has 0 amide bonds. The topological polar surface area (TPSA) is 26.3 Å². The maximum Gasteiger partial charge on any atom is 0.173 e. The van der Waals surface area contributed by atoms with E-state index in [1.165, 1.54) is 5.56 Å². The summed E-state index contributed by atoms with van der Waals surface area (Å²) in [4.78, 5) is 0. The van der Waals surface area contributed by atoms with Crippen molar-refractivity contribution in [1.82, 2.24) is 0 Å². The number of hydrogen-bond acceptors (Lipinski definition) is 2. The molecule has 2 heterocycles. The molecule has 74 valence electrons. The Bertz CT molecular complexity index is 556. The van der Waals surface area contributed by atoms with Crippen LogP contribution in [0.2, 0.25) is 0 Å². The Morgan fingerprint density at radius 2 is 1.73 bits per heavy atom. The molecule has 3 aromatic rings. The van der Waals surface area contributed by atoms with Crippen LogP contribution < -0.4 is 0 Å². The van der Waals surface area contributed by atoms with Crippen LogP contribution in [0.15, 0.2) is 51.5 Å². The van der Waals surface area contributed by atoms with Crippen molar-refractivity contribution in [3.8, 4) is 11.3 Å². The zero-order valence-electron chi connectivity index (χ0n) is 8.36. The lowest BCUT2D eigenvalue weighted by atomic mass is 10.1. The first-order valence-corrected chi connectivity index (χ1v) is 4.87. The first kappa shape index (κ1) is 8.36. The summed E-state index contributed by atoms with van der Waals surface area (Å²) in [6.07, 6.45) is 1.63. The van der Waals surface area contributed by atoms with Crippen LogP contribution in [0, 0.1) is 6.92 Å². The van der Waals surface area contributed by atoms with Gasteiger partial charge in [-0.3, -0.25) is 0 Å². The second kappa shape index (κ2) is 3.02. The second-order valence-electron chi connectivity index (χ2n) is 3.63. The number of benzene rings is 1. The monoisotopic (exact) mass is 198 g/mol. The molecule has 0 unspecified atom stereocenters. The molecule has 2 nitrogen and oxygen atoms in total. The summed E-state index contributed by atoms with van der Waals surface area (Å²) in [5.41, 5.74) is 3.91. The molecule has 0 aliphatic carbocycles. The fraction of sp³-hybridized carbons (Fsp3) is 0.0769. The lowest BCUT2D eigenvalue weighted by molar-refractivity contribution is 0.612. The molecule has 3 rings (SSSR count). The van der Waals surface area contributed by atoms with Gasteiger partial charge in [-0.05, 0) is 6.92 Å². The third kappa shape index (κ3) is 1.34. The summed E-state index contributed by atoms with van der Waals surface area (Å²) in [6.45, 7) is 2.07. The van der Waals surface area contributed by atoms with Crippen LogP contribution in [0.5, 0.6) is 0 Å². The van der Waals surface area contributed by atoms with Crippen LogP contribution in [0.3, 0.4) is 0 Å². The van der Waals surface area contributed by atoms with E-state index in [1.807, 2.05) is 24.3 Å². The molecule has 2 heteroatoms. The minimum Gasteiger partial charge on any atom is -0.461 e. The van der Waals surface area contributed by atoms with Gasteiger partial charge in [0, 0.05) is 17.7 Å². The minimum atomic E-state index is 0.797. The second-order valence-corrected chi connectivity index (χ2v) is 3.63. The van der Waals surface area contributed by atoms with E-state index >= 15 is 0 Å². The molecule has 0 aliphatic rings. The molecule has 0 saturated carbocycles. The van der Waals surface area contributed by atoms with Gasteiger partial charge in [-0.15, -0.1) is 0 Å². The van der Waals surface area contributed by atoms with Gasteiger partial charge in [-0.2, -0.15) is 0 Å². The Morgan fingerprint density at radius 3 is 2.47 bits per heavy atom. The molecular weight excluding hydrogens is 188 g/mol. The summed E-state index contributed by atoms with van der Waals surface area (Å²) >= 11 is 0. The van der Waals surface area contributed by atoms with Crippen LogP contribution in [-0.4, -0.2) is 0 Å². The first-order chi connectivity index (χ1) is 7.33. The van der Waals surface area contributed by atoms with Crippen LogP contribution in [-0.2, 0) is 0 Å². The van der Waals surface area contributed by atoms with E-state index in [-0.39, 0.29) is 0 Å². The Labute approximate surface area is 87.1 Å². The molecule has 0 spiro atoms. The van der Waals surface area contributed by atoms with Crippen molar-refractivity contribution < 1.29 is 8.83 Å². The molecular formula is C13H10O2. The van der Waals surface area contributed by atoms with Gasteiger partial charge in [0.05, 0.1) is 6.26 Å². The molecule has 0 N–H and O–H groups in total. The van der Waals surface area contributed by atoms with Crippen molar-refractivity contribution in [3.63, 3.8) is 0 Å². The highest BCUT2D eigenvalue weighted by Gasteiger charge is 2.07. The molecule has 1 aromatic carbocycles. The number of rotatable bonds is 1. The van der Waals surface area contributed by atoms with Gasteiger partial charge in [0.25, 0.3) is 0 Å². The third-order valence-corrected chi connectivity index (χ3v) is 2.48. The summed E-state index contributed by atoms with van der Waals surface area (Å²) in [5.74, 6) is 0.851. The van der Waals surface area contributed by atoms with Gasteiger partial charge in [0.15, 0.2) is 11.2 Å². The summed E-state index contributed by atoms with van der Waals surface area (Å²) in [6, 6.07) is 12.0. The lowest BCUT2D eigenvalue weighted by Crippen LogP contribution is -1.74. The van der Waals surface area contributed by atoms with Crippen LogP contribution in [0.4, 0.5) is 0 Å². The highest BCUT2D eigenvalue weighted by molar-refractivity contribution is 5.77. The largest absolute Gasteiger partial charge is 0.461 e. The van der Waals surface area contributed by atoms with E-state index in [0.717, 1.165) is 22.5 Å². The maximum absolute atomic E-state index is 5.64. The standard InChI is InChI=1S/C13H10O2/c1-9-2-4-10(5-3-9)12-8-13-11(15-12)6-7-14-13/h2-8H,1H3. The molecule has 0 fully saturated rings. The predicted molar refractivity (Wildman–Crippen MR) is 58.7 cm³/mol. The van der Waals surface area contributed by atoms with Crippen molar-refractivity contribution in [2.24, 2.45) is 0 Å². The van der Waals surface area contributed by atoms with Crippen LogP contribution in [0.25, 0.3) is 22.5 Å². The van der Waals surface area contributed by atoms with Crippen molar-refractivity contribution in [1.29, 1.82) is 0 Å². The Kier molecular flexibility index (Phi) is 1.68. The number of aryl methyl sites for hydroxylation is 1. The number of furan rings is 2. The summed E-state index contributed by atoms with van der Waals surface area (Å²) < 4.78 is 10.9. The van der Waals surface area contributed by atoms with Crippen LogP contribution in [0.1, 0.15) is 5.56 Å². The van der Waals surface area contributed by atoms with Crippen LogP contribution >= 0.6 is 0 Å². The molecule has 0 aliphatic heterocycles. The SMILES string of the molecule is Cc1ccc(-c2cc3occc3o2)cc1. The van der Waals surface area contributed by atoms with E-state index in [4.69, 9.17) is 8.83 Å². The van der Waals surface area contributed by atoms with E-state index < -0.39 is 0 Å². The zero-order valence-corrected chi connectivity index (χ0v) is 8.36. The smallest absolute Gasteiger partial charge is 0.173 e. The normalized spacial score (nSPS) is 11.0. The highest BCUT2D eigenvalue weighted by atomic mass is 16.4. The van der Waals surface area contributed by atoms with E-state index in [2.05, 4.69) is 19.1 Å². The first-order valence-electron chi connectivity index (χ1n) is 4.87. The van der Waals surface area contributed by atoms with Gasteiger partial charge in [0.1, 0.15) is 5.76 Å². The van der Waals surface area contributed by atoms with Crippen molar-refractivity contribution >= 4 is 11.2 Å². The Hall–Kier alpha value is -1.96. The van der Waals surface area contributed by atoms with Gasteiger partial charge < -0.3 is 8.83 Å². The lowest BCUT2D eigenvalue weighted by Gasteiger charge is -1.96. The molecule has 15 heavy (non-hydrogen) atoms. The van der Waals surface area contributed by atoms with Crippen molar-refractivity contribution in [3.05, 3.63) is 48.2 Å². The average Bonchev–Trinajstić information content (AvgIpc) is 2.78. The summed E-state index contributed by atoms with van der Waals surface area (Å²) in [5, 5.41) is 0. The van der Waals surface area contributed by atoms with Crippen molar-refractivity contribution in [2.45, 2.75) is 6.92 Å². The average molecular weight is 198 g/mol. The number of hydrogen-bond donors (Lipinski definition) is 0. The maximum atomic E-state index is 5.64. The van der Waals surface area contributed by atoms with Crippen molar-refractivity contribution in [2.75, 3.05) is 0 Å². The fourth-order valence-electron chi connectivity index (χ4n) is 1.63. The Balaban J connectivity index is 2.13. The Morgan fingerprint density at radius 1 is 0.933 bits per heavy atom. The van der Waals surface area contributed by atoms with Gasteiger partial charge in [-0.25, -0.2) is 0 Å². The molecule has 0 radical (unpaired) electrons. The van der Waals surface area contributed by atoms with Gasteiger partial charge in [0.2, 0.25) is 0 Å². The quantitative estimate of drug-likeness (QED) is 0.590. The summed E-state index contributed by atoms with van der Waals surface area (Å²) in [7, 11) is 0. The van der Waals surface area contributed by atoms with Gasteiger partial charge in [-0.1, -0.05) is 29.8 Å². The molecule has 0 atom stereocenters. The van der Waals surface area contributed by atoms with E-state index in [1.54, 1.807) is 6.26 Å². The molecule has 0 bridgehead atoms. The highest BCUT2D eigenvalue weighted by Crippen LogP contribution is 2.28. The zero-order chi connectivity index (χ0) is 10.3. The molecule has 2 aromatic heterocycles. The minimum absolute atomic E-state index is 0.797. The molecule has 0 saturated heterocycles. The fourth-order valence-corrected chi connectivity index (χ4v) is 1.63. The predicted octanol–water partition coefficient (Wildman–Crippen LogP) is 4.00. The van der Waals surface area contributed by atoms with Gasteiger partial charge >= 0.3 is 0 Å². The van der Waals surface area contributed by atoms with E-state index in [9.17, 15) is 0 Å². The number of fused-ring (bicyclic) bond motifs is 1. The third-order valence-electron chi connectivity index (χ3n) is 2.48. The van der Waals surface area contributed by atoms with E-state index in [0.29, 0.717) is 0 Å².